The van der Waals surface area contributed by atoms with Gasteiger partial charge in [0, 0.05) is 0 Å². The zero-order valence-corrected chi connectivity index (χ0v) is 11.5. The van der Waals surface area contributed by atoms with Crippen molar-refractivity contribution in [1.82, 2.24) is 0 Å². The molecule has 0 aliphatic heterocycles. The summed E-state index contributed by atoms with van der Waals surface area (Å²) in [6, 6.07) is 17.3. The van der Waals surface area contributed by atoms with Crippen molar-refractivity contribution in [3.05, 3.63) is 82.9 Å². The van der Waals surface area contributed by atoms with Gasteiger partial charge in [-0.3, -0.25) is 0 Å². The quantitative estimate of drug-likeness (QED) is 0.720. The predicted octanol–water partition coefficient (Wildman–Crippen LogP) is 5.07. The first-order chi connectivity index (χ1) is 9.92. The molecule has 2 aliphatic carbocycles. The van der Waals surface area contributed by atoms with Crippen molar-refractivity contribution < 1.29 is 0 Å². The van der Waals surface area contributed by atoms with Crippen LogP contribution < -0.4 is 0 Å². The molecule has 2 aromatic carbocycles. The third-order valence-corrected chi connectivity index (χ3v) is 4.43. The van der Waals surface area contributed by atoms with Gasteiger partial charge in [-0.2, -0.15) is 0 Å². The summed E-state index contributed by atoms with van der Waals surface area (Å²) in [5.41, 5.74) is 5.78. The van der Waals surface area contributed by atoms with Crippen molar-refractivity contribution in [2.24, 2.45) is 5.92 Å². The minimum Gasteiger partial charge on any atom is -0.0802 e. The lowest BCUT2D eigenvalue weighted by atomic mass is 9.91. The van der Waals surface area contributed by atoms with E-state index in [4.69, 9.17) is 0 Å². The van der Waals surface area contributed by atoms with E-state index in [1.165, 1.54) is 23.1 Å². The van der Waals surface area contributed by atoms with Crippen molar-refractivity contribution in [1.29, 1.82) is 0 Å². The van der Waals surface area contributed by atoms with E-state index in [9.17, 15) is 0 Å². The summed E-state index contributed by atoms with van der Waals surface area (Å²) >= 11 is 0. The molecule has 2 aliphatic rings. The molecular weight excluding hydrogens is 240 g/mol. The van der Waals surface area contributed by atoms with Gasteiger partial charge in [-0.15, -0.1) is 0 Å². The minimum atomic E-state index is 0.813. The normalized spacial score (nSPS) is 22.6. The maximum Gasteiger partial charge on any atom is -0.00868 e. The fraction of sp³-hybridized carbons (Fsp3) is 0.200. The van der Waals surface area contributed by atoms with Crippen molar-refractivity contribution in [3.8, 4) is 0 Å². The van der Waals surface area contributed by atoms with Crippen LogP contribution in [0, 0.1) is 5.92 Å². The van der Waals surface area contributed by atoms with Gasteiger partial charge in [-0.05, 0) is 46.9 Å². The second-order valence-corrected chi connectivity index (χ2v) is 5.80. The standard InChI is InChI=1S/C20H18/c1-2-6-15(7-3-1)8-4-9-16-10-5-11-19-18(16)13-12-17-14-20(17)19/h1-8,10-13,17,20H,9,14H2/b8-4+. The molecule has 0 amide bonds. The molecule has 0 radical (unpaired) electrons. The maximum absolute atomic E-state index is 2.40. The minimum absolute atomic E-state index is 0.813. The SMILES string of the molecule is C1=CC2CC2c2cccc(C/C=C/c3ccccc3)c21. The van der Waals surface area contributed by atoms with Gasteiger partial charge in [-0.1, -0.05) is 72.8 Å². The molecule has 1 saturated carbocycles. The maximum atomic E-state index is 2.40. The van der Waals surface area contributed by atoms with Gasteiger partial charge in [0.1, 0.15) is 0 Å². The van der Waals surface area contributed by atoms with E-state index < -0.39 is 0 Å². The van der Waals surface area contributed by atoms with E-state index in [1.807, 2.05) is 0 Å². The fourth-order valence-electron chi connectivity index (χ4n) is 3.23. The van der Waals surface area contributed by atoms with Crippen molar-refractivity contribution >= 4 is 12.2 Å². The van der Waals surface area contributed by atoms with Crippen LogP contribution in [0.4, 0.5) is 0 Å². The number of allylic oxidation sites excluding steroid dienone is 2. The second-order valence-electron chi connectivity index (χ2n) is 5.80. The third-order valence-electron chi connectivity index (χ3n) is 4.43. The van der Waals surface area contributed by atoms with Crippen LogP contribution in [-0.2, 0) is 6.42 Å². The summed E-state index contributed by atoms with van der Waals surface area (Å²) in [7, 11) is 0. The van der Waals surface area contributed by atoms with Crippen molar-refractivity contribution in [2.75, 3.05) is 0 Å². The van der Waals surface area contributed by atoms with E-state index in [0.717, 1.165) is 18.3 Å². The summed E-state index contributed by atoms with van der Waals surface area (Å²) in [6.45, 7) is 0. The molecule has 20 heavy (non-hydrogen) atoms. The smallest absolute Gasteiger partial charge is 0.00868 e. The second kappa shape index (κ2) is 4.79. The number of rotatable bonds is 3. The number of hydrogen-bond donors (Lipinski definition) is 0. The molecule has 98 valence electrons. The Morgan fingerprint density at radius 2 is 1.90 bits per heavy atom. The van der Waals surface area contributed by atoms with Gasteiger partial charge in [0.2, 0.25) is 0 Å². The Balaban J connectivity index is 1.57. The Morgan fingerprint density at radius 3 is 2.80 bits per heavy atom. The lowest BCUT2D eigenvalue weighted by Crippen LogP contribution is -1.97. The highest BCUT2D eigenvalue weighted by atomic mass is 14.4. The zero-order chi connectivity index (χ0) is 13.4. The summed E-state index contributed by atoms with van der Waals surface area (Å²) < 4.78 is 0. The molecule has 0 spiro atoms. The molecule has 0 bridgehead atoms. The van der Waals surface area contributed by atoms with Crippen LogP contribution in [0.1, 0.15) is 34.6 Å². The molecule has 2 atom stereocenters. The van der Waals surface area contributed by atoms with Gasteiger partial charge in [0.05, 0.1) is 0 Å². The first kappa shape index (κ1) is 11.7. The van der Waals surface area contributed by atoms with Gasteiger partial charge in [0.15, 0.2) is 0 Å². The first-order valence-corrected chi connectivity index (χ1v) is 7.43. The van der Waals surface area contributed by atoms with Gasteiger partial charge in [0.25, 0.3) is 0 Å². The summed E-state index contributed by atoms with van der Waals surface area (Å²) in [5.74, 6) is 1.64. The lowest BCUT2D eigenvalue weighted by molar-refractivity contribution is 0.987. The average Bonchev–Trinajstić information content (AvgIpc) is 3.28. The van der Waals surface area contributed by atoms with Crippen LogP contribution in [0.15, 0.2) is 60.7 Å². The largest absolute Gasteiger partial charge is 0.0802 e. The third kappa shape index (κ3) is 2.12. The lowest BCUT2D eigenvalue weighted by Gasteiger charge is -2.13. The molecule has 2 aromatic rings. The van der Waals surface area contributed by atoms with Gasteiger partial charge < -0.3 is 0 Å². The highest BCUT2D eigenvalue weighted by Gasteiger charge is 2.39. The molecular formula is C20H18. The highest BCUT2D eigenvalue weighted by molar-refractivity contribution is 5.65. The van der Waals surface area contributed by atoms with Crippen molar-refractivity contribution in [2.45, 2.75) is 18.8 Å². The van der Waals surface area contributed by atoms with E-state index in [1.54, 1.807) is 5.56 Å². The Labute approximate surface area is 120 Å². The van der Waals surface area contributed by atoms with Gasteiger partial charge in [-0.25, -0.2) is 0 Å². The molecule has 4 rings (SSSR count). The summed E-state index contributed by atoms with van der Waals surface area (Å²) in [6.07, 6.45) is 11.6. The molecule has 1 fully saturated rings. The van der Waals surface area contributed by atoms with E-state index in [-0.39, 0.29) is 0 Å². The molecule has 0 nitrogen and oxygen atoms in total. The molecule has 2 unspecified atom stereocenters. The monoisotopic (exact) mass is 258 g/mol. The molecule has 0 N–H and O–H groups in total. The number of fused-ring (bicyclic) bond motifs is 3. The van der Waals surface area contributed by atoms with Gasteiger partial charge >= 0.3 is 0 Å². The Kier molecular flexibility index (Phi) is 2.81. The topological polar surface area (TPSA) is 0 Å². The number of benzene rings is 2. The van der Waals surface area contributed by atoms with Crippen LogP contribution in [0.3, 0.4) is 0 Å². The van der Waals surface area contributed by atoms with Crippen LogP contribution >= 0.6 is 0 Å². The van der Waals surface area contributed by atoms with Crippen LogP contribution in [-0.4, -0.2) is 0 Å². The Hall–Kier alpha value is -2.08. The Bertz CT molecular complexity index is 676. The highest BCUT2D eigenvalue weighted by Crippen LogP contribution is 2.53. The van der Waals surface area contributed by atoms with Crippen LogP contribution in [0.25, 0.3) is 12.2 Å². The number of hydrogen-bond acceptors (Lipinski definition) is 0. The zero-order valence-electron chi connectivity index (χ0n) is 11.5. The average molecular weight is 258 g/mol. The molecule has 0 aromatic heterocycles. The van der Waals surface area contributed by atoms with Crippen LogP contribution in [0.2, 0.25) is 0 Å². The Morgan fingerprint density at radius 1 is 1.00 bits per heavy atom. The van der Waals surface area contributed by atoms with Crippen molar-refractivity contribution in [3.63, 3.8) is 0 Å². The van der Waals surface area contributed by atoms with E-state index in [0.29, 0.717) is 0 Å². The van der Waals surface area contributed by atoms with E-state index >= 15 is 0 Å². The molecule has 0 heterocycles. The predicted molar refractivity (Wildman–Crippen MR) is 85.5 cm³/mol. The molecule has 0 heteroatoms. The summed E-state index contributed by atoms with van der Waals surface area (Å²) in [4.78, 5) is 0. The first-order valence-electron chi connectivity index (χ1n) is 7.43. The van der Waals surface area contributed by atoms with Crippen LogP contribution in [0.5, 0.6) is 0 Å². The summed E-state index contributed by atoms with van der Waals surface area (Å²) in [5, 5.41) is 0. The fourth-order valence-corrected chi connectivity index (χ4v) is 3.23. The van der Waals surface area contributed by atoms with E-state index in [2.05, 4.69) is 72.8 Å². The molecule has 0 saturated heterocycles.